The van der Waals surface area contributed by atoms with E-state index in [1.54, 1.807) is 0 Å². The third-order valence-electron chi connectivity index (χ3n) is 1.83. The third-order valence-corrected chi connectivity index (χ3v) is 1.83. The van der Waals surface area contributed by atoms with E-state index in [1.165, 1.54) is 13.0 Å². The van der Waals surface area contributed by atoms with E-state index in [0.717, 1.165) is 12.0 Å². The lowest BCUT2D eigenvalue weighted by molar-refractivity contribution is 0.247. The molecule has 0 aliphatic carbocycles. The first-order valence-electron chi connectivity index (χ1n) is 3.08. The molecule has 42 valence electrons. The molecule has 1 N–H and O–H groups in total. The van der Waals surface area contributed by atoms with Crippen LogP contribution in [0.1, 0.15) is 20.3 Å². The largest absolute Gasteiger partial charge is 0.313 e. The second kappa shape index (κ2) is 1.83. The van der Waals surface area contributed by atoms with Crippen LogP contribution in [0.4, 0.5) is 0 Å². The van der Waals surface area contributed by atoms with Gasteiger partial charge in [-0.2, -0.15) is 0 Å². The zero-order valence-electron chi connectivity index (χ0n) is 5.07. The van der Waals surface area contributed by atoms with Crippen LogP contribution in [0.5, 0.6) is 0 Å². The van der Waals surface area contributed by atoms with Crippen LogP contribution in [0.2, 0.25) is 0 Å². The standard InChI is InChI=1S/C6H13N/c1-3-6-5(2)4-7-6/h5-7H,3-4H2,1-2H3/t5?,6-/m1/s1. The molecular formula is C6H13N. The fraction of sp³-hybridized carbons (Fsp3) is 1.00. The minimum Gasteiger partial charge on any atom is -0.313 e. The van der Waals surface area contributed by atoms with Gasteiger partial charge >= 0.3 is 0 Å². The highest BCUT2D eigenvalue weighted by atomic mass is 15.0. The van der Waals surface area contributed by atoms with Gasteiger partial charge in [-0.15, -0.1) is 0 Å². The van der Waals surface area contributed by atoms with Crippen LogP contribution in [0, 0.1) is 5.92 Å². The maximum absolute atomic E-state index is 3.34. The number of hydrogen-bond donors (Lipinski definition) is 1. The molecule has 0 radical (unpaired) electrons. The Kier molecular flexibility index (Phi) is 1.33. The van der Waals surface area contributed by atoms with Gasteiger partial charge in [0.1, 0.15) is 0 Å². The quantitative estimate of drug-likeness (QED) is 0.517. The molecule has 1 saturated heterocycles. The minimum atomic E-state index is 0.833. The SMILES string of the molecule is CC[C@H]1NCC1C. The summed E-state index contributed by atoms with van der Waals surface area (Å²) in [5.41, 5.74) is 0. The van der Waals surface area contributed by atoms with Crippen molar-refractivity contribution in [2.75, 3.05) is 6.54 Å². The van der Waals surface area contributed by atoms with E-state index in [1.807, 2.05) is 0 Å². The molecule has 1 nitrogen and oxygen atoms in total. The summed E-state index contributed by atoms with van der Waals surface area (Å²) in [4.78, 5) is 0. The molecule has 2 atom stereocenters. The Bertz CT molecular complexity index is 59.2. The summed E-state index contributed by atoms with van der Waals surface area (Å²) in [6.07, 6.45) is 1.29. The Morgan fingerprint density at radius 3 is 2.43 bits per heavy atom. The van der Waals surface area contributed by atoms with Crippen LogP contribution < -0.4 is 5.32 Å². The van der Waals surface area contributed by atoms with Crippen molar-refractivity contribution in [3.8, 4) is 0 Å². The Morgan fingerprint density at radius 1 is 1.71 bits per heavy atom. The maximum atomic E-state index is 3.34. The predicted molar refractivity (Wildman–Crippen MR) is 31.2 cm³/mol. The molecule has 0 aromatic heterocycles. The molecule has 0 bridgehead atoms. The molecular weight excluding hydrogens is 86.1 g/mol. The molecule has 0 spiro atoms. The van der Waals surface area contributed by atoms with Crippen LogP contribution in [-0.4, -0.2) is 12.6 Å². The van der Waals surface area contributed by atoms with E-state index in [0.29, 0.717) is 0 Å². The van der Waals surface area contributed by atoms with E-state index in [4.69, 9.17) is 0 Å². The van der Waals surface area contributed by atoms with E-state index >= 15 is 0 Å². The lowest BCUT2D eigenvalue weighted by Crippen LogP contribution is -2.50. The smallest absolute Gasteiger partial charge is 0.0102 e. The number of hydrogen-bond acceptors (Lipinski definition) is 1. The maximum Gasteiger partial charge on any atom is 0.0102 e. The van der Waals surface area contributed by atoms with Crippen LogP contribution >= 0.6 is 0 Å². The van der Waals surface area contributed by atoms with Crippen molar-refractivity contribution in [3.05, 3.63) is 0 Å². The Balaban J connectivity index is 2.16. The molecule has 0 aromatic rings. The highest BCUT2D eigenvalue weighted by molar-refractivity contribution is 4.82. The summed E-state index contributed by atoms with van der Waals surface area (Å²) in [5, 5.41) is 3.34. The first-order chi connectivity index (χ1) is 3.34. The van der Waals surface area contributed by atoms with Crippen molar-refractivity contribution in [1.29, 1.82) is 0 Å². The van der Waals surface area contributed by atoms with Gasteiger partial charge in [0.15, 0.2) is 0 Å². The molecule has 0 saturated carbocycles. The van der Waals surface area contributed by atoms with Crippen LogP contribution in [0.15, 0.2) is 0 Å². The van der Waals surface area contributed by atoms with Gasteiger partial charge < -0.3 is 5.32 Å². The molecule has 0 amide bonds. The molecule has 1 fully saturated rings. The van der Waals surface area contributed by atoms with Gasteiger partial charge in [0.2, 0.25) is 0 Å². The number of rotatable bonds is 1. The average Bonchev–Trinajstić information content (AvgIpc) is 1.65. The molecule has 1 rings (SSSR count). The third kappa shape index (κ3) is 0.778. The van der Waals surface area contributed by atoms with Gasteiger partial charge in [0.05, 0.1) is 0 Å². The van der Waals surface area contributed by atoms with Crippen molar-refractivity contribution in [1.82, 2.24) is 5.32 Å². The van der Waals surface area contributed by atoms with Gasteiger partial charge in [-0.1, -0.05) is 13.8 Å². The zero-order valence-corrected chi connectivity index (χ0v) is 5.07. The van der Waals surface area contributed by atoms with E-state index in [-0.39, 0.29) is 0 Å². The Morgan fingerprint density at radius 2 is 2.43 bits per heavy atom. The Hall–Kier alpha value is -0.0400. The van der Waals surface area contributed by atoms with Crippen molar-refractivity contribution in [3.63, 3.8) is 0 Å². The number of nitrogens with one attached hydrogen (secondary N) is 1. The van der Waals surface area contributed by atoms with Gasteiger partial charge in [0.25, 0.3) is 0 Å². The highest BCUT2D eigenvalue weighted by Gasteiger charge is 2.22. The molecule has 1 aliphatic heterocycles. The Labute approximate surface area is 45.1 Å². The normalized spacial score (nSPS) is 40.3. The summed E-state index contributed by atoms with van der Waals surface area (Å²) in [6.45, 7) is 5.76. The van der Waals surface area contributed by atoms with Crippen LogP contribution in [0.25, 0.3) is 0 Å². The van der Waals surface area contributed by atoms with Gasteiger partial charge in [0, 0.05) is 6.04 Å². The monoisotopic (exact) mass is 99.1 g/mol. The summed E-state index contributed by atoms with van der Waals surface area (Å²) in [6, 6.07) is 0.833. The van der Waals surface area contributed by atoms with Crippen molar-refractivity contribution >= 4 is 0 Å². The van der Waals surface area contributed by atoms with Crippen LogP contribution in [-0.2, 0) is 0 Å². The molecule has 1 heterocycles. The topological polar surface area (TPSA) is 12.0 Å². The first kappa shape index (κ1) is 5.10. The van der Waals surface area contributed by atoms with E-state index in [2.05, 4.69) is 19.2 Å². The first-order valence-corrected chi connectivity index (χ1v) is 3.08. The average molecular weight is 99.2 g/mol. The van der Waals surface area contributed by atoms with E-state index < -0.39 is 0 Å². The molecule has 1 heteroatoms. The molecule has 1 unspecified atom stereocenters. The fourth-order valence-corrected chi connectivity index (χ4v) is 1.07. The summed E-state index contributed by atoms with van der Waals surface area (Å²) in [7, 11) is 0. The van der Waals surface area contributed by atoms with Gasteiger partial charge in [-0.25, -0.2) is 0 Å². The van der Waals surface area contributed by atoms with Crippen molar-refractivity contribution in [2.24, 2.45) is 5.92 Å². The second-order valence-electron chi connectivity index (χ2n) is 2.40. The van der Waals surface area contributed by atoms with Crippen molar-refractivity contribution < 1.29 is 0 Å². The second-order valence-corrected chi connectivity index (χ2v) is 2.40. The lowest BCUT2D eigenvalue weighted by Gasteiger charge is -2.34. The molecule has 0 aromatic carbocycles. The zero-order chi connectivity index (χ0) is 5.28. The van der Waals surface area contributed by atoms with Gasteiger partial charge in [-0.05, 0) is 18.9 Å². The van der Waals surface area contributed by atoms with Crippen molar-refractivity contribution in [2.45, 2.75) is 26.3 Å². The highest BCUT2D eigenvalue weighted by Crippen LogP contribution is 2.13. The summed E-state index contributed by atoms with van der Waals surface area (Å²) >= 11 is 0. The molecule has 1 aliphatic rings. The van der Waals surface area contributed by atoms with Gasteiger partial charge in [-0.3, -0.25) is 0 Å². The summed E-state index contributed by atoms with van der Waals surface area (Å²) in [5.74, 6) is 0.935. The fourth-order valence-electron chi connectivity index (χ4n) is 1.07. The minimum absolute atomic E-state index is 0.833. The lowest BCUT2D eigenvalue weighted by atomic mass is 9.92. The van der Waals surface area contributed by atoms with Crippen LogP contribution in [0.3, 0.4) is 0 Å². The summed E-state index contributed by atoms with van der Waals surface area (Å²) < 4.78 is 0. The predicted octanol–water partition coefficient (Wildman–Crippen LogP) is 1.00. The van der Waals surface area contributed by atoms with E-state index in [9.17, 15) is 0 Å². The molecule has 7 heavy (non-hydrogen) atoms.